The van der Waals surface area contributed by atoms with Crippen molar-refractivity contribution in [1.29, 1.82) is 0 Å². The van der Waals surface area contributed by atoms with Crippen LogP contribution in [0.1, 0.15) is 19.3 Å². The molecular formula is C17H25FN4O3. The molecule has 0 spiro atoms. The molecule has 3 heterocycles. The molecule has 8 heteroatoms. The Labute approximate surface area is 147 Å². The van der Waals surface area contributed by atoms with Gasteiger partial charge in [-0.1, -0.05) is 0 Å². The second kappa shape index (κ2) is 7.61. The molecular weight excluding hydrogens is 327 g/mol. The maximum absolute atomic E-state index is 13.1. The number of hydrogen-bond donors (Lipinski definition) is 0. The molecule has 1 aromatic rings. The number of rotatable bonds is 5. The Morgan fingerprint density at radius 1 is 1.48 bits per heavy atom. The van der Waals surface area contributed by atoms with Crippen molar-refractivity contribution in [3.8, 4) is 0 Å². The second-order valence-corrected chi connectivity index (χ2v) is 7.02. The zero-order chi connectivity index (χ0) is 17.9. The van der Waals surface area contributed by atoms with Crippen LogP contribution in [0.15, 0.2) is 12.4 Å². The molecule has 0 N–H and O–H groups in total. The SMILES string of the molecule is CN(C)C(=O)COCC12CCCOC1CCN(c1ncc(F)cn1)C2. The van der Waals surface area contributed by atoms with Gasteiger partial charge in [0.2, 0.25) is 11.9 Å². The molecule has 0 radical (unpaired) electrons. The first-order valence-electron chi connectivity index (χ1n) is 8.62. The van der Waals surface area contributed by atoms with Crippen LogP contribution in [0.3, 0.4) is 0 Å². The molecule has 2 aliphatic heterocycles. The molecule has 2 atom stereocenters. The summed E-state index contributed by atoms with van der Waals surface area (Å²) in [5.41, 5.74) is -0.194. The van der Waals surface area contributed by atoms with Crippen molar-refractivity contribution in [2.75, 3.05) is 51.9 Å². The topological polar surface area (TPSA) is 67.8 Å². The maximum atomic E-state index is 13.1. The summed E-state index contributed by atoms with van der Waals surface area (Å²) >= 11 is 0. The minimum absolute atomic E-state index is 0.0563. The van der Waals surface area contributed by atoms with Crippen molar-refractivity contribution < 1.29 is 18.7 Å². The third-order valence-electron chi connectivity index (χ3n) is 4.99. The van der Waals surface area contributed by atoms with Gasteiger partial charge in [0.1, 0.15) is 6.61 Å². The molecule has 2 unspecified atom stereocenters. The van der Waals surface area contributed by atoms with Gasteiger partial charge in [0.15, 0.2) is 5.82 Å². The average molecular weight is 352 g/mol. The van der Waals surface area contributed by atoms with Gasteiger partial charge in [-0.25, -0.2) is 14.4 Å². The summed E-state index contributed by atoms with van der Waals surface area (Å²) in [4.78, 5) is 23.5. The van der Waals surface area contributed by atoms with Crippen molar-refractivity contribution in [3.63, 3.8) is 0 Å². The number of fused-ring (bicyclic) bond motifs is 1. The number of aromatic nitrogens is 2. The zero-order valence-corrected chi connectivity index (χ0v) is 14.8. The zero-order valence-electron chi connectivity index (χ0n) is 14.8. The van der Waals surface area contributed by atoms with Gasteiger partial charge >= 0.3 is 0 Å². The molecule has 0 saturated carbocycles. The van der Waals surface area contributed by atoms with Crippen molar-refractivity contribution >= 4 is 11.9 Å². The quantitative estimate of drug-likeness (QED) is 0.790. The number of nitrogens with zero attached hydrogens (tertiary/aromatic N) is 4. The summed E-state index contributed by atoms with van der Waals surface area (Å²) < 4.78 is 24.8. The Morgan fingerprint density at radius 2 is 2.24 bits per heavy atom. The van der Waals surface area contributed by atoms with E-state index >= 15 is 0 Å². The minimum Gasteiger partial charge on any atom is -0.377 e. The lowest BCUT2D eigenvalue weighted by molar-refractivity contribution is -0.144. The first-order chi connectivity index (χ1) is 12.0. The van der Waals surface area contributed by atoms with Crippen LogP contribution in [0.4, 0.5) is 10.3 Å². The fraction of sp³-hybridized carbons (Fsp3) is 0.706. The average Bonchev–Trinajstić information content (AvgIpc) is 2.61. The van der Waals surface area contributed by atoms with Crippen LogP contribution >= 0.6 is 0 Å². The number of carbonyl (C=O) groups excluding carboxylic acids is 1. The van der Waals surface area contributed by atoms with Crippen LogP contribution in [-0.4, -0.2) is 73.9 Å². The normalized spacial score (nSPS) is 26.2. The second-order valence-electron chi connectivity index (χ2n) is 7.02. The van der Waals surface area contributed by atoms with E-state index < -0.39 is 5.82 Å². The van der Waals surface area contributed by atoms with Crippen LogP contribution in [0.25, 0.3) is 0 Å². The monoisotopic (exact) mass is 352 g/mol. The van der Waals surface area contributed by atoms with Crippen molar-refractivity contribution in [2.45, 2.75) is 25.4 Å². The first kappa shape index (κ1) is 18.0. The number of hydrogen-bond acceptors (Lipinski definition) is 6. The number of likely N-dealkylation sites (N-methyl/N-ethyl adjacent to an activating group) is 1. The van der Waals surface area contributed by atoms with Crippen LogP contribution in [0.2, 0.25) is 0 Å². The van der Waals surface area contributed by atoms with E-state index in [-0.39, 0.29) is 24.0 Å². The predicted octanol–water partition coefficient (Wildman–Crippen LogP) is 1.10. The molecule has 1 aromatic heterocycles. The smallest absolute Gasteiger partial charge is 0.248 e. The molecule has 1 amide bonds. The fourth-order valence-electron chi connectivity index (χ4n) is 3.61. The Hall–Kier alpha value is -1.80. The summed E-state index contributed by atoms with van der Waals surface area (Å²) in [5.74, 6) is 0.0215. The minimum atomic E-state index is -0.445. The van der Waals surface area contributed by atoms with Crippen molar-refractivity contribution in [3.05, 3.63) is 18.2 Å². The van der Waals surface area contributed by atoms with Gasteiger partial charge in [0, 0.05) is 39.2 Å². The maximum Gasteiger partial charge on any atom is 0.248 e. The van der Waals surface area contributed by atoms with E-state index in [2.05, 4.69) is 14.9 Å². The number of carbonyl (C=O) groups is 1. The largest absolute Gasteiger partial charge is 0.377 e. The summed E-state index contributed by atoms with van der Waals surface area (Å²) in [5, 5.41) is 0. The molecule has 3 rings (SSSR count). The van der Waals surface area contributed by atoms with Crippen LogP contribution in [-0.2, 0) is 14.3 Å². The molecule has 25 heavy (non-hydrogen) atoms. The van der Waals surface area contributed by atoms with Crippen LogP contribution < -0.4 is 4.90 Å². The van der Waals surface area contributed by atoms with Gasteiger partial charge in [0.25, 0.3) is 0 Å². The van der Waals surface area contributed by atoms with Crippen molar-refractivity contribution in [2.24, 2.45) is 5.41 Å². The van der Waals surface area contributed by atoms with Crippen molar-refractivity contribution in [1.82, 2.24) is 14.9 Å². The first-order valence-corrected chi connectivity index (χ1v) is 8.62. The third kappa shape index (κ3) is 4.07. The molecule has 2 fully saturated rings. The molecule has 0 aliphatic carbocycles. The van der Waals surface area contributed by atoms with E-state index in [1.165, 1.54) is 17.3 Å². The number of ether oxygens (including phenoxy) is 2. The van der Waals surface area contributed by atoms with E-state index in [1.807, 2.05) is 0 Å². The highest BCUT2D eigenvalue weighted by molar-refractivity contribution is 5.76. The van der Waals surface area contributed by atoms with E-state index in [0.717, 1.165) is 32.4 Å². The molecule has 7 nitrogen and oxygen atoms in total. The molecule has 2 aliphatic rings. The molecule has 138 valence electrons. The number of halogens is 1. The lowest BCUT2D eigenvalue weighted by Crippen LogP contribution is -2.57. The Bertz CT molecular complexity index is 598. The highest BCUT2D eigenvalue weighted by Crippen LogP contribution is 2.41. The van der Waals surface area contributed by atoms with Gasteiger partial charge in [-0.15, -0.1) is 0 Å². The van der Waals surface area contributed by atoms with Crippen LogP contribution in [0.5, 0.6) is 0 Å². The number of piperidine rings is 1. The highest BCUT2D eigenvalue weighted by atomic mass is 19.1. The highest BCUT2D eigenvalue weighted by Gasteiger charge is 2.46. The van der Waals surface area contributed by atoms with Gasteiger partial charge in [0.05, 0.1) is 25.1 Å². The lowest BCUT2D eigenvalue weighted by atomic mass is 9.73. The van der Waals surface area contributed by atoms with E-state index in [0.29, 0.717) is 19.1 Å². The summed E-state index contributed by atoms with van der Waals surface area (Å²) in [6, 6.07) is 0. The summed E-state index contributed by atoms with van der Waals surface area (Å²) in [7, 11) is 3.43. The molecule has 0 bridgehead atoms. The number of anilines is 1. The fourth-order valence-corrected chi connectivity index (χ4v) is 3.61. The lowest BCUT2D eigenvalue weighted by Gasteiger charge is -2.50. The summed E-state index contributed by atoms with van der Waals surface area (Å²) in [6.45, 7) is 2.72. The van der Waals surface area contributed by atoms with Gasteiger partial charge in [-0.05, 0) is 19.3 Å². The van der Waals surface area contributed by atoms with E-state index in [4.69, 9.17) is 9.47 Å². The number of amides is 1. The molecule has 0 aromatic carbocycles. The van der Waals surface area contributed by atoms with Gasteiger partial charge in [-0.2, -0.15) is 0 Å². The van der Waals surface area contributed by atoms with E-state index in [1.54, 1.807) is 14.1 Å². The summed E-state index contributed by atoms with van der Waals surface area (Å²) in [6.07, 6.45) is 5.24. The molecule has 2 saturated heterocycles. The van der Waals surface area contributed by atoms with Gasteiger partial charge < -0.3 is 19.3 Å². The Morgan fingerprint density at radius 3 is 2.96 bits per heavy atom. The predicted molar refractivity (Wildman–Crippen MR) is 89.7 cm³/mol. The third-order valence-corrected chi connectivity index (χ3v) is 4.99. The standard InChI is InChI=1S/C17H25FN4O3/c1-21(2)15(23)10-24-12-17-5-3-7-25-14(17)4-6-22(11-17)16-19-8-13(18)9-20-16/h8-9,14H,3-7,10-12H2,1-2H3. The van der Waals surface area contributed by atoms with E-state index in [9.17, 15) is 9.18 Å². The Kier molecular flexibility index (Phi) is 5.48. The Balaban J connectivity index is 1.70. The van der Waals surface area contributed by atoms with Gasteiger partial charge in [-0.3, -0.25) is 4.79 Å². The van der Waals surface area contributed by atoms with Crippen LogP contribution in [0, 0.1) is 11.2 Å².